The number of ether oxygens (including phenoxy) is 1. The van der Waals surface area contributed by atoms with Crippen molar-refractivity contribution in [3.63, 3.8) is 0 Å². The number of hydrogen-bond donors (Lipinski definition) is 2. The molecule has 0 aliphatic heterocycles. The van der Waals surface area contributed by atoms with Crippen LogP contribution in [0.3, 0.4) is 0 Å². The van der Waals surface area contributed by atoms with Crippen LogP contribution in [0.4, 0.5) is 0 Å². The molecule has 4 heteroatoms. The molecule has 1 heterocycles. The van der Waals surface area contributed by atoms with Gasteiger partial charge in [-0.2, -0.15) is 0 Å². The van der Waals surface area contributed by atoms with Crippen molar-refractivity contribution in [1.29, 1.82) is 0 Å². The van der Waals surface area contributed by atoms with Crippen LogP contribution < -0.4 is 4.74 Å². The van der Waals surface area contributed by atoms with Gasteiger partial charge in [0.2, 0.25) is 0 Å². The number of nitrogens with one attached hydrogen (secondary N) is 1. The van der Waals surface area contributed by atoms with Crippen molar-refractivity contribution in [3.05, 3.63) is 160 Å². The summed E-state index contributed by atoms with van der Waals surface area (Å²) in [7, 11) is 0. The van der Waals surface area contributed by atoms with Gasteiger partial charge in [-0.25, -0.2) is 4.79 Å². The Morgan fingerprint density at radius 2 is 0.897 bits per heavy atom. The van der Waals surface area contributed by atoms with E-state index in [1.165, 1.54) is 76.7 Å². The molecule has 0 atom stereocenters. The highest BCUT2D eigenvalue weighted by Gasteiger charge is 2.03. The minimum absolute atomic E-state index is 0.287. The van der Waals surface area contributed by atoms with Gasteiger partial charge in [-0.05, 0) is 135 Å². The van der Waals surface area contributed by atoms with Crippen molar-refractivity contribution in [2.75, 3.05) is 6.61 Å². The Balaban J connectivity index is 0.000000365. The average molecular weight is 790 g/mol. The second-order valence-electron chi connectivity index (χ2n) is 17.8. The average Bonchev–Trinajstić information content (AvgIpc) is 3.64. The van der Waals surface area contributed by atoms with Crippen LogP contribution in [0.15, 0.2) is 115 Å². The molecule has 0 unspecified atom stereocenters. The molecule has 0 spiro atoms. The molecule has 0 aliphatic carbocycles. The number of aromatic nitrogens is 1. The summed E-state index contributed by atoms with van der Waals surface area (Å²) in [4.78, 5) is 13.5. The van der Waals surface area contributed by atoms with E-state index in [0.717, 1.165) is 30.1 Å². The van der Waals surface area contributed by atoms with Gasteiger partial charge in [0, 0.05) is 11.9 Å². The Morgan fingerprint density at radius 3 is 1.21 bits per heavy atom. The lowest BCUT2D eigenvalue weighted by atomic mass is 10.0. The van der Waals surface area contributed by atoms with Crippen LogP contribution in [-0.2, 0) is 36.9 Å². The van der Waals surface area contributed by atoms with E-state index in [-0.39, 0.29) is 6.61 Å². The minimum atomic E-state index is -0.954. The first kappa shape index (κ1) is 51.4. The van der Waals surface area contributed by atoms with Gasteiger partial charge in [-0.3, -0.25) is 0 Å². The van der Waals surface area contributed by atoms with Crippen LogP contribution >= 0.6 is 0 Å². The van der Waals surface area contributed by atoms with E-state index in [1.807, 2.05) is 24.4 Å². The molecule has 0 radical (unpaired) electrons. The predicted molar refractivity (Wildman–Crippen MR) is 251 cm³/mol. The number of aliphatic carboxylic acids is 1. The second-order valence-corrected chi connectivity index (χ2v) is 17.8. The first-order valence-electron chi connectivity index (χ1n) is 21.6. The fourth-order valence-electron chi connectivity index (χ4n) is 6.28. The number of carboxylic acid groups (broad SMARTS) is 1. The lowest BCUT2D eigenvalue weighted by Crippen LogP contribution is -2.09. The molecule has 318 valence electrons. The molecule has 5 aromatic rings. The van der Waals surface area contributed by atoms with Crippen molar-refractivity contribution in [2.24, 2.45) is 29.6 Å². The van der Waals surface area contributed by atoms with Gasteiger partial charge >= 0.3 is 5.97 Å². The molecule has 58 heavy (non-hydrogen) atoms. The van der Waals surface area contributed by atoms with Gasteiger partial charge in [-0.15, -0.1) is 0 Å². The smallest absolute Gasteiger partial charge is 0.341 e. The van der Waals surface area contributed by atoms with Crippen LogP contribution in [-0.4, -0.2) is 22.7 Å². The van der Waals surface area contributed by atoms with Crippen molar-refractivity contribution < 1.29 is 14.6 Å². The van der Waals surface area contributed by atoms with E-state index in [9.17, 15) is 4.79 Å². The summed E-state index contributed by atoms with van der Waals surface area (Å²) in [5.41, 5.74) is 11.0. The standard InChI is InChI=1S/C12H16O3.3C11H16.C9H15N/c1-9(2)6-10-4-3-5-11(7-10)15-8-12(13)14;3*1-9(2)7-11-6-4-5-10(3)8-11;1-8(2)5-6-9-4-3-7-10-9/h3-5,7,9H,6,8H2,1-2H3,(H,13,14);3*4-6,8-9H,7H2,1-3H3;3-4,7-8,10H,5-6H2,1-2H3. The molecular formula is C54H79NO3. The van der Waals surface area contributed by atoms with Gasteiger partial charge in [-0.1, -0.05) is 171 Å². The Labute approximate surface area is 354 Å². The van der Waals surface area contributed by atoms with Gasteiger partial charge in [0.1, 0.15) is 5.75 Å². The SMILES string of the molecule is CC(C)CCc1ccc[nH]1.CC(C)Cc1cccc(OCC(=O)O)c1.Cc1cccc(CC(C)C)c1.Cc1cccc(CC(C)C)c1.Cc1cccc(CC(C)C)c1. The summed E-state index contributed by atoms with van der Waals surface area (Å²) in [6.45, 7) is 28.4. The monoisotopic (exact) mass is 790 g/mol. The number of aryl methyl sites for hydroxylation is 4. The van der Waals surface area contributed by atoms with Gasteiger partial charge in [0.05, 0.1) is 0 Å². The molecule has 0 bridgehead atoms. The molecule has 0 saturated heterocycles. The highest BCUT2D eigenvalue weighted by molar-refractivity contribution is 5.68. The highest BCUT2D eigenvalue weighted by Crippen LogP contribution is 2.16. The normalized spacial score (nSPS) is 10.5. The number of carbonyl (C=O) groups is 1. The van der Waals surface area contributed by atoms with Gasteiger partial charge in [0.15, 0.2) is 6.61 Å². The fourth-order valence-corrected chi connectivity index (χ4v) is 6.28. The molecule has 0 aliphatic rings. The molecule has 0 amide bonds. The molecule has 5 rings (SSSR count). The van der Waals surface area contributed by atoms with Crippen LogP contribution in [0.5, 0.6) is 5.75 Å². The quantitative estimate of drug-likeness (QED) is 0.118. The maximum absolute atomic E-state index is 10.3. The maximum atomic E-state index is 10.3. The highest BCUT2D eigenvalue weighted by atomic mass is 16.5. The third-order valence-electron chi connectivity index (χ3n) is 8.74. The molecule has 1 aromatic heterocycles. The van der Waals surface area contributed by atoms with Crippen LogP contribution in [0, 0.1) is 50.4 Å². The van der Waals surface area contributed by atoms with Crippen molar-refractivity contribution in [3.8, 4) is 5.75 Å². The predicted octanol–water partition coefficient (Wildman–Crippen LogP) is 14.5. The summed E-state index contributed by atoms with van der Waals surface area (Å²) < 4.78 is 5.09. The number of benzene rings is 4. The second kappa shape index (κ2) is 29.6. The molecular weight excluding hydrogens is 711 g/mol. The zero-order chi connectivity index (χ0) is 43.5. The molecule has 4 nitrogen and oxygen atoms in total. The number of H-pyrrole nitrogens is 1. The third-order valence-corrected chi connectivity index (χ3v) is 8.74. The zero-order valence-corrected chi connectivity index (χ0v) is 38.6. The van der Waals surface area contributed by atoms with E-state index < -0.39 is 5.97 Å². The number of rotatable bonds is 14. The summed E-state index contributed by atoms with van der Waals surface area (Å²) >= 11 is 0. The van der Waals surface area contributed by atoms with E-state index in [0.29, 0.717) is 11.7 Å². The third kappa shape index (κ3) is 27.9. The maximum Gasteiger partial charge on any atom is 0.341 e. The van der Waals surface area contributed by atoms with Crippen LogP contribution in [0.2, 0.25) is 0 Å². The van der Waals surface area contributed by atoms with E-state index in [4.69, 9.17) is 9.84 Å². The largest absolute Gasteiger partial charge is 0.482 e. The Bertz CT molecular complexity index is 1660. The minimum Gasteiger partial charge on any atom is -0.482 e. The van der Waals surface area contributed by atoms with E-state index in [2.05, 4.69) is 180 Å². The summed E-state index contributed by atoms with van der Waals surface area (Å²) in [6.07, 6.45) is 9.01. The molecule has 0 saturated carbocycles. The summed E-state index contributed by atoms with van der Waals surface area (Å²) in [5, 5.41) is 8.46. The van der Waals surface area contributed by atoms with E-state index >= 15 is 0 Å². The van der Waals surface area contributed by atoms with Crippen LogP contribution in [0.1, 0.15) is 120 Å². The molecule has 2 N–H and O–H groups in total. The molecule has 0 fully saturated rings. The number of carboxylic acids is 1. The zero-order valence-electron chi connectivity index (χ0n) is 38.6. The Hall–Kier alpha value is -4.57. The van der Waals surface area contributed by atoms with Crippen molar-refractivity contribution in [1.82, 2.24) is 4.98 Å². The summed E-state index contributed by atoms with van der Waals surface area (Å²) in [5.74, 6) is 3.34. The Morgan fingerprint density at radius 1 is 0.517 bits per heavy atom. The first-order chi connectivity index (χ1) is 27.4. The summed E-state index contributed by atoms with van der Waals surface area (Å²) in [6, 6.07) is 38.0. The number of aromatic amines is 1. The lowest BCUT2D eigenvalue weighted by Gasteiger charge is -2.07. The van der Waals surface area contributed by atoms with Crippen molar-refractivity contribution >= 4 is 5.97 Å². The Kier molecular flexibility index (Phi) is 26.3. The lowest BCUT2D eigenvalue weighted by molar-refractivity contribution is -0.139. The van der Waals surface area contributed by atoms with E-state index in [1.54, 1.807) is 6.07 Å². The van der Waals surface area contributed by atoms with Gasteiger partial charge < -0.3 is 14.8 Å². The number of hydrogen-bond acceptors (Lipinski definition) is 2. The topological polar surface area (TPSA) is 62.3 Å². The first-order valence-corrected chi connectivity index (χ1v) is 21.6. The van der Waals surface area contributed by atoms with Gasteiger partial charge in [0.25, 0.3) is 0 Å². The van der Waals surface area contributed by atoms with Crippen molar-refractivity contribution in [2.45, 2.75) is 129 Å². The van der Waals surface area contributed by atoms with Crippen LogP contribution in [0.25, 0.3) is 0 Å². The molecule has 4 aromatic carbocycles. The fraction of sp³-hybridized carbons (Fsp3) is 0.463.